The van der Waals surface area contributed by atoms with Gasteiger partial charge in [-0.25, -0.2) is 4.39 Å². The first-order valence-electron chi connectivity index (χ1n) is 6.79. The lowest BCUT2D eigenvalue weighted by Crippen LogP contribution is -2.06. The third-order valence-corrected chi connectivity index (χ3v) is 4.20. The van der Waals surface area contributed by atoms with Gasteiger partial charge in [-0.1, -0.05) is 29.8 Å². The van der Waals surface area contributed by atoms with Crippen LogP contribution >= 0.6 is 11.6 Å². The number of hydrogen-bond donors (Lipinski definition) is 1. The first kappa shape index (κ1) is 14.0. The van der Waals surface area contributed by atoms with Gasteiger partial charge in [0.15, 0.2) is 0 Å². The Balaban J connectivity index is 1.92. The second kappa shape index (κ2) is 5.41. The standard InChI is InChI=1S/C17H16ClFN2/c1-11-13-5-3-4-6-16(13)21(2)17(11)10-20-15-8-7-12(19)9-14(15)18/h3-9,20H,10H2,1-2H3. The SMILES string of the molecule is Cc1c(CNc2ccc(F)cc2Cl)n(C)c2ccccc12. The van der Waals surface area contributed by atoms with Crippen LogP contribution in [0.3, 0.4) is 0 Å². The molecular formula is C17H16ClFN2. The number of halogens is 2. The van der Waals surface area contributed by atoms with Crippen LogP contribution in [0.4, 0.5) is 10.1 Å². The second-order valence-electron chi connectivity index (χ2n) is 5.13. The van der Waals surface area contributed by atoms with Crippen molar-refractivity contribution in [2.24, 2.45) is 7.05 Å². The Bertz CT molecular complexity index is 769. The van der Waals surface area contributed by atoms with Crippen LogP contribution in [0.15, 0.2) is 42.5 Å². The number of hydrogen-bond acceptors (Lipinski definition) is 1. The third-order valence-electron chi connectivity index (χ3n) is 3.88. The van der Waals surface area contributed by atoms with Crippen molar-refractivity contribution in [1.82, 2.24) is 4.57 Å². The molecule has 21 heavy (non-hydrogen) atoms. The number of anilines is 1. The lowest BCUT2D eigenvalue weighted by molar-refractivity contribution is 0.628. The van der Waals surface area contributed by atoms with Crippen molar-refractivity contribution in [3.8, 4) is 0 Å². The molecule has 4 heteroatoms. The molecular weight excluding hydrogens is 287 g/mol. The Morgan fingerprint density at radius 3 is 2.67 bits per heavy atom. The molecule has 3 aromatic rings. The molecule has 0 fully saturated rings. The van der Waals surface area contributed by atoms with E-state index < -0.39 is 0 Å². The molecule has 0 saturated carbocycles. The number of para-hydroxylation sites is 1. The summed E-state index contributed by atoms with van der Waals surface area (Å²) in [5.74, 6) is -0.327. The maximum Gasteiger partial charge on any atom is 0.124 e. The molecule has 1 N–H and O–H groups in total. The number of fused-ring (bicyclic) bond motifs is 1. The van der Waals surface area contributed by atoms with Crippen LogP contribution in [0.25, 0.3) is 10.9 Å². The highest BCUT2D eigenvalue weighted by atomic mass is 35.5. The predicted molar refractivity (Wildman–Crippen MR) is 86.4 cm³/mol. The topological polar surface area (TPSA) is 17.0 Å². The molecule has 0 atom stereocenters. The largest absolute Gasteiger partial charge is 0.378 e. The Morgan fingerprint density at radius 2 is 1.95 bits per heavy atom. The molecule has 0 aliphatic heterocycles. The maximum absolute atomic E-state index is 13.1. The van der Waals surface area contributed by atoms with Crippen molar-refractivity contribution in [3.63, 3.8) is 0 Å². The van der Waals surface area contributed by atoms with Crippen LogP contribution in [0.2, 0.25) is 5.02 Å². The van der Waals surface area contributed by atoms with E-state index in [2.05, 4.69) is 36.0 Å². The fourth-order valence-electron chi connectivity index (χ4n) is 2.70. The number of nitrogens with zero attached hydrogens (tertiary/aromatic N) is 1. The quantitative estimate of drug-likeness (QED) is 0.729. The van der Waals surface area contributed by atoms with Crippen molar-refractivity contribution in [3.05, 3.63) is 64.6 Å². The van der Waals surface area contributed by atoms with E-state index in [4.69, 9.17) is 11.6 Å². The summed E-state index contributed by atoms with van der Waals surface area (Å²) < 4.78 is 15.2. The third kappa shape index (κ3) is 2.49. The van der Waals surface area contributed by atoms with Crippen molar-refractivity contribution in [1.29, 1.82) is 0 Å². The highest BCUT2D eigenvalue weighted by Gasteiger charge is 2.11. The predicted octanol–water partition coefficient (Wildman–Crippen LogP) is 4.89. The normalized spacial score (nSPS) is 11.0. The number of nitrogens with one attached hydrogen (secondary N) is 1. The first-order chi connectivity index (χ1) is 10.1. The van der Waals surface area contributed by atoms with E-state index in [0.29, 0.717) is 11.6 Å². The van der Waals surface area contributed by atoms with Gasteiger partial charge in [-0.3, -0.25) is 0 Å². The van der Waals surface area contributed by atoms with Gasteiger partial charge in [-0.2, -0.15) is 0 Å². The zero-order valence-corrected chi connectivity index (χ0v) is 12.7. The molecule has 2 aromatic carbocycles. The van der Waals surface area contributed by atoms with E-state index in [0.717, 1.165) is 5.69 Å². The number of aromatic nitrogens is 1. The average Bonchev–Trinajstić information content (AvgIpc) is 2.71. The molecule has 0 saturated heterocycles. The summed E-state index contributed by atoms with van der Waals surface area (Å²) in [5, 5.41) is 4.93. The summed E-state index contributed by atoms with van der Waals surface area (Å²) in [4.78, 5) is 0. The van der Waals surface area contributed by atoms with Gasteiger partial charge >= 0.3 is 0 Å². The molecule has 3 rings (SSSR count). The van der Waals surface area contributed by atoms with Crippen LogP contribution in [-0.4, -0.2) is 4.57 Å². The molecule has 2 nitrogen and oxygen atoms in total. The van der Waals surface area contributed by atoms with E-state index in [1.807, 2.05) is 12.1 Å². The van der Waals surface area contributed by atoms with Crippen molar-refractivity contribution in [2.45, 2.75) is 13.5 Å². The Hall–Kier alpha value is -2.00. The first-order valence-corrected chi connectivity index (χ1v) is 7.17. The van der Waals surface area contributed by atoms with Crippen LogP contribution in [0.1, 0.15) is 11.3 Å². The molecule has 0 bridgehead atoms. The van der Waals surface area contributed by atoms with Crippen LogP contribution < -0.4 is 5.32 Å². The molecule has 0 aliphatic carbocycles. The van der Waals surface area contributed by atoms with Gasteiger partial charge in [0.1, 0.15) is 5.82 Å². The highest BCUT2D eigenvalue weighted by molar-refractivity contribution is 6.33. The molecule has 0 amide bonds. The maximum atomic E-state index is 13.1. The van der Waals surface area contributed by atoms with Gasteiger partial charge < -0.3 is 9.88 Å². The summed E-state index contributed by atoms with van der Waals surface area (Å²) in [6, 6.07) is 12.7. The fourth-order valence-corrected chi connectivity index (χ4v) is 2.93. The molecule has 0 radical (unpaired) electrons. The summed E-state index contributed by atoms with van der Waals surface area (Å²) in [7, 11) is 2.05. The minimum Gasteiger partial charge on any atom is -0.378 e. The van der Waals surface area contributed by atoms with E-state index in [1.54, 1.807) is 6.07 Å². The van der Waals surface area contributed by atoms with Crippen molar-refractivity contribution < 1.29 is 4.39 Å². The summed E-state index contributed by atoms with van der Waals surface area (Å²) >= 11 is 6.04. The van der Waals surface area contributed by atoms with Gasteiger partial charge in [0, 0.05) is 23.6 Å². The Labute approximate surface area is 128 Å². The van der Waals surface area contributed by atoms with Crippen LogP contribution in [-0.2, 0) is 13.6 Å². The van der Waals surface area contributed by atoms with Crippen molar-refractivity contribution >= 4 is 28.2 Å². The lowest BCUT2D eigenvalue weighted by Gasteiger charge is -2.10. The zero-order chi connectivity index (χ0) is 15.0. The second-order valence-corrected chi connectivity index (χ2v) is 5.53. The van der Waals surface area contributed by atoms with Gasteiger partial charge in [-0.05, 0) is 36.8 Å². The van der Waals surface area contributed by atoms with Crippen LogP contribution in [0.5, 0.6) is 0 Å². The lowest BCUT2D eigenvalue weighted by atomic mass is 10.1. The van der Waals surface area contributed by atoms with Crippen LogP contribution in [0, 0.1) is 12.7 Å². The number of rotatable bonds is 3. The van der Waals surface area contributed by atoms with Gasteiger partial charge in [0.25, 0.3) is 0 Å². The van der Waals surface area contributed by atoms with E-state index in [1.165, 1.54) is 34.3 Å². The molecule has 0 spiro atoms. The van der Waals surface area contributed by atoms with Crippen molar-refractivity contribution in [2.75, 3.05) is 5.32 Å². The average molecular weight is 303 g/mol. The van der Waals surface area contributed by atoms with E-state index in [-0.39, 0.29) is 5.82 Å². The Morgan fingerprint density at radius 1 is 1.19 bits per heavy atom. The van der Waals surface area contributed by atoms with E-state index >= 15 is 0 Å². The minimum absolute atomic E-state index is 0.327. The van der Waals surface area contributed by atoms with Gasteiger partial charge in [0.2, 0.25) is 0 Å². The Kier molecular flexibility index (Phi) is 3.60. The minimum atomic E-state index is -0.327. The summed E-state index contributed by atoms with van der Waals surface area (Å²) in [6.45, 7) is 2.76. The molecule has 0 unspecified atom stereocenters. The molecule has 1 aromatic heterocycles. The zero-order valence-electron chi connectivity index (χ0n) is 12.0. The van der Waals surface area contributed by atoms with Gasteiger partial charge in [0.05, 0.1) is 17.3 Å². The fraction of sp³-hybridized carbons (Fsp3) is 0.176. The summed E-state index contributed by atoms with van der Waals surface area (Å²) in [5.41, 5.74) is 4.38. The smallest absolute Gasteiger partial charge is 0.124 e. The molecule has 0 aliphatic rings. The summed E-state index contributed by atoms with van der Waals surface area (Å²) in [6.07, 6.45) is 0. The number of benzene rings is 2. The van der Waals surface area contributed by atoms with E-state index in [9.17, 15) is 4.39 Å². The highest BCUT2D eigenvalue weighted by Crippen LogP contribution is 2.27. The molecule has 108 valence electrons. The molecule has 1 heterocycles. The number of aryl methyl sites for hydroxylation is 2. The monoisotopic (exact) mass is 302 g/mol. The van der Waals surface area contributed by atoms with Gasteiger partial charge in [-0.15, -0.1) is 0 Å².